The molecule has 2 aliphatic heterocycles. The van der Waals surface area contributed by atoms with E-state index in [1.807, 2.05) is 4.90 Å². The number of amidine groups is 1. The van der Waals surface area contributed by atoms with Gasteiger partial charge < -0.3 is 10.2 Å². The second-order valence-corrected chi connectivity index (χ2v) is 9.35. The van der Waals surface area contributed by atoms with E-state index < -0.39 is 21.7 Å². The zero-order valence-electron chi connectivity index (χ0n) is 13.1. The monoisotopic (exact) mass is 455 g/mol. The number of anilines is 2. The predicted molar refractivity (Wildman–Crippen MR) is 103 cm³/mol. The summed E-state index contributed by atoms with van der Waals surface area (Å²) in [5.74, 6) is -1.03. The topological polar surface area (TPSA) is 78.8 Å². The Morgan fingerprint density at radius 2 is 2.08 bits per heavy atom. The highest BCUT2D eigenvalue weighted by molar-refractivity contribution is 9.10. The van der Waals surface area contributed by atoms with Crippen LogP contribution in [0.15, 0.2) is 50.2 Å². The molecule has 2 heterocycles. The summed E-state index contributed by atoms with van der Waals surface area (Å²) in [6, 6.07) is 9.39. The van der Waals surface area contributed by atoms with Crippen molar-refractivity contribution in [1.82, 2.24) is 0 Å². The molecule has 1 N–H and O–H groups in total. The number of carbonyl (C=O) groups is 1. The number of halogens is 2. The molecule has 2 aromatic carbocycles. The number of benzene rings is 2. The molecule has 26 heavy (non-hydrogen) atoms. The molecule has 0 fully saturated rings. The van der Waals surface area contributed by atoms with E-state index in [0.29, 0.717) is 21.7 Å². The fourth-order valence-electron chi connectivity index (χ4n) is 2.66. The molecule has 134 valence electrons. The van der Waals surface area contributed by atoms with Gasteiger partial charge in [-0.3, -0.25) is 4.79 Å². The lowest BCUT2D eigenvalue weighted by atomic mass is 10.1. The van der Waals surface area contributed by atoms with Crippen molar-refractivity contribution in [2.24, 2.45) is 4.40 Å². The minimum Gasteiger partial charge on any atom is -0.319 e. The highest BCUT2D eigenvalue weighted by Gasteiger charge is 2.33. The standard InChI is InChI=1S/C16H11BrFN3O3S2/c17-10-2-3-12(11(18)8-10)19-15(22)9-1-4-13-14(7-9)25-16-20-26(23,24)6-5-21(13)16/h1-4,7-8H,5-6H2,(H,19,22). The highest BCUT2D eigenvalue weighted by atomic mass is 79.9. The van der Waals surface area contributed by atoms with Gasteiger partial charge in [-0.1, -0.05) is 15.9 Å². The van der Waals surface area contributed by atoms with Gasteiger partial charge in [0, 0.05) is 21.5 Å². The predicted octanol–water partition coefficient (Wildman–Crippen LogP) is 3.45. The van der Waals surface area contributed by atoms with Crippen LogP contribution < -0.4 is 10.2 Å². The van der Waals surface area contributed by atoms with Gasteiger partial charge in [0.25, 0.3) is 15.9 Å². The molecule has 0 aromatic heterocycles. The molecule has 2 aromatic rings. The van der Waals surface area contributed by atoms with Gasteiger partial charge in [-0.05, 0) is 48.2 Å². The van der Waals surface area contributed by atoms with Gasteiger partial charge in [-0.2, -0.15) is 0 Å². The Kier molecular flexibility index (Phi) is 4.28. The number of hydrogen-bond donors (Lipinski definition) is 1. The van der Waals surface area contributed by atoms with Crippen LogP contribution >= 0.6 is 27.7 Å². The van der Waals surface area contributed by atoms with E-state index in [9.17, 15) is 17.6 Å². The van der Waals surface area contributed by atoms with Crippen molar-refractivity contribution in [1.29, 1.82) is 0 Å². The maximum Gasteiger partial charge on any atom is 0.257 e. The summed E-state index contributed by atoms with van der Waals surface area (Å²) in [6.07, 6.45) is 0. The van der Waals surface area contributed by atoms with Crippen molar-refractivity contribution in [3.05, 3.63) is 52.3 Å². The molecule has 0 spiro atoms. The normalized spacial score (nSPS) is 17.3. The maximum atomic E-state index is 13.9. The Labute approximate surface area is 161 Å². The van der Waals surface area contributed by atoms with Gasteiger partial charge in [-0.25, -0.2) is 12.8 Å². The Bertz CT molecular complexity index is 1070. The first-order valence-corrected chi connectivity index (χ1v) is 10.7. The Balaban J connectivity index is 1.60. The van der Waals surface area contributed by atoms with E-state index in [1.165, 1.54) is 23.9 Å². The van der Waals surface area contributed by atoms with Gasteiger partial charge in [0.2, 0.25) is 0 Å². The van der Waals surface area contributed by atoms with Crippen molar-refractivity contribution in [2.75, 3.05) is 22.5 Å². The van der Waals surface area contributed by atoms with E-state index in [4.69, 9.17) is 0 Å². The van der Waals surface area contributed by atoms with Crippen molar-refractivity contribution in [2.45, 2.75) is 4.90 Å². The number of hydrogen-bond acceptors (Lipinski definition) is 5. The first kappa shape index (κ1) is 17.5. The van der Waals surface area contributed by atoms with Crippen molar-refractivity contribution >= 4 is 60.2 Å². The first-order valence-electron chi connectivity index (χ1n) is 7.51. The molecular formula is C16H11BrFN3O3S2. The molecule has 0 bridgehead atoms. The minimum atomic E-state index is -3.43. The zero-order valence-corrected chi connectivity index (χ0v) is 16.3. The molecule has 10 heteroatoms. The van der Waals surface area contributed by atoms with Crippen molar-refractivity contribution < 1.29 is 17.6 Å². The number of thioether (sulfide) groups is 1. The third kappa shape index (κ3) is 3.24. The molecule has 4 rings (SSSR count). The lowest BCUT2D eigenvalue weighted by Crippen LogP contribution is -2.35. The van der Waals surface area contributed by atoms with Crippen LogP contribution in [0.25, 0.3) is 0 Å². The molecule has 0 saturated heterocycles. The summed E-state index contributed by atoms with van der Waals surface area (Å²) in [4.78, 5) is 15.0. The van der Waals surface area contributed by atoms with Gasteiger partial charge in [0.1, 0.15) is 5.82 Å². The Morgan fingerprint density at radius 3 is 2.85 bits per heavy atom. The van der Waals surface area contributed by atoms with Crippen molar-refractivity contribution in [3.8, 4) is 0 Å². The van der Waals surface area contributed by atoms with E-state index in [-0.39, 0.29) is 11.4 Å². The van der Waals surface area contributed by atoms with E-state index >= 15 is 0 Å². The second-order valence-electron chi connectivity index (χ2n) is 5.67. The molecule has 1 amide bonds. The third-order valence-electron chi connectivity index (χ3n) is 3.91. The molecule has 0 radical (unpaired) electrons. The van der Waals surface area contributed by atoms with Crippen molar-refractivity contribution in [3.63, 3.8) is 0 Å². The number of nitrogens with zero attached hydrogens (tertiary/aromatic N) is 2. The van der Waals surface area contributed by atoms with Crippen LogP contribution in [0, 0.1) is 5.82 Å². The number of nitrogens with one attached hydrogen (secondary N) is 1. The van der Waals surface area contributed by atoms with E-state index in [1.54, 1.807) is 24.3 Å². The van der Waals surface area contributed by atoms with Gasteiger partial charge in [0.15, 0.2) is 5.17 Å². The number of amides is 1. The van der Waals surface area contributed by atoms with E-state index in [2.05, 4.69) is 25.6 Å². The molecule has 0 aliphatic carbocycles. The average molecular weight is 456 g/mol. The number of rotatable bonds is 2. The molecule has 2 aliphatic rings. The van der Waals surface area contributed by atoms with Crippen LogP contribution in [0.2, 0.25) is 0 Å². The zero-order chi connectivity index (χ0) is 18.5. The quantitative estimate of drug-likeness (QED) is 0.749. The number of fused-ring (bicyclic) bond motifs is 3. The average Bonchev–Trinajstić information content (AvgIpc) is 2.92. The summed E-state index contributed by atoms with van der Waals surface area (Å²) in [7, 11) is -3.43. The smallest absolute Gasteiger partial charge is 0.257 e. The summed E-state index contributed by atoms with van der Waals surface area (Å²) in [5, 5.41) is 2.93. The van der Waals surface area contributed by atoms with Crippen LogP contribution in [0.1, 0.15) is 10.4 Å². The molecule has 0 unspecified atom stereocenters. The third-order valence-corrected chi connectivity index (χ3v) is 6.71. The van der Waals surface area contributed by atoms with Crippen LogP contribution in [-0.2, 0) is 10.0 Å². The first-order chi connectivity index (χ1) is 12.3. The Morgan fingerprint density at radius 1 is 1.27 bits per heavy atom. The van der Waals surface area contributed by atoms with Gasteiger partial charge in [0.05, 0.1) is 17.1 Å². The maximum absolute atomic E-state index is 13.9. The number of carbonyl (C=O) groups excluding carboxylic acids is 1. The van der Waals surface area contributed by atoms with Crippen LogP contribution in [0.4, 0.5) is 15.8 Å². The van der Waals surface area contributed by atoms with Crippen LogP contribution in [-0.4, -0.2) is 31.8 Å². The van der Waals surface area contributed by atoms with Gasteiger partial charge >= 0.3 is 0 Å². The largest absolute Gasteiger partial charge is 0.319 e. The van der Waals surface area contributed by atoms with Crippen LogP contribution in [0.5, 0.6) is 0 Å². The fraction of sp³-hybridized carbons (Fsp3) is 0.125. The molecule has 0 saturated carbocycles. The summed E-state index contributed by atoms with van der Waals surface area (Å²) in [5.41, 5.74) is 1.25. The van der Waals surface area contributed by atoms with Gasteiger partial charge in [-0.15, -0.1) is 4.40 Å². The molecule has 0 atom stereocenters. The Hall–Kier alpha value is -1.91. The summed E-state index contributed by atoms with van der Waals surface area (Å²) < 4.78 is 41.5. The SMILES string of the molecule is O=C(Nc1ccc(Br)cc1F)c1ccc2c(c1)SC1=NS(=O)(=O)CCN12. The lowest BCUT2D eigenvalue weighted by Gasteiger charge is -2.22. The number of sulfonamides is 1. The fourth-order valence-corrected chi connectivity index (χ4v) is 5.29. The minimum absolute atomic E-state index is 0.0401. The summed E-state index contributed by atoms with van der Waals surface area (Å²) >= 11 is 4.37. The summed E-state index contributed by atoms with van der Waals surface area (Å²) in [6.45, 7) is 0.330. The molecular weight excluding hydrogens is 445 g/mol. The lowest BCUT2D eigenvalue weighted by molar-refractivity contribution is 0.102. The van der Waals surface area contributed by atoms with E-state index in [0.717, 1.165) is 10.6 Å². The molecule has 6 nitrogen and oxygen atoms in total. The highest BCUT2D eigenvalue weighted by Crippen LogP contribution is 2.42. The van der Waals surface area contributed by atoms with Crippen LogP contribution in [0.3, 0.4) is 0 Å². The second kappa shape index (κ2) is 6.36.